The molecule has 3 aromatic rings. The number of phenols is 1. The number of benzene rings is 3. The molecule has 0 fully saturated rings. The molecule has 3 aromatic carbocycles. The van der Waals surface area contributed by atoms with Crippen molar-refractivity contribution >= 4 is 68.0 Å². The number of hydrogen-bond donors (Lipinski definition) is 4. The van der Waals surface area contributed by atoms with E-state index in [0.29, 0.717) is 0 Å². The van der Waals surface area contributed by atoms with Crippen LogP contribution in [0.4, 0.5) is 11.4 Å². The van der Waals surface area contributed by atoms with Crippen LogP contribution in [0.3, 0.4) is 0 Å². The minimum atomic E-state index is -3.99. The summed E-state index contributed by atoms with van der Waals surface area (Å²) in [6.07, 6.45) is 0.207. The third kappa shape index (κ3) is 7.61. The maximum absolute atomic E-state index is 13.1. The van der Waals surface area contributed by atoms with Gasteiger partial charge in [0.05, 0.1) is 31.3 Å². The molecule has 0 aliphatic heterocycles. The van der Waals surface area contributed by atoms with Crippen LogP contribution >= 0.6 is 34.8 Å². The van der Waals surface area contributed by atoms with Crippen molar-refractivity contribution in [2.24, 2.45) is 5.92 Å². The average molecular weight is 599 g/mol. The number of aryl methyl sites for hydroxylation is 1. The smallest absolute Gasteiger partial charge is 0.255 e. The van der Waals surface area contributed by atoms with E-state index in [1.165, 1.54) is 36.4 Å². The van der Waals surface area contributed by atoms with E-state index in [2.05, 4.69) is 15.4 Å². The lowest BCUT2D eigenvalue weighted by molar-refractivity contribution is -0.118. The molecule has 0 radical (unpaired) electrons. The van der Waals surface area contributed by atoms with Gasteiger partial charge in [0.15, 0.2) is 0 Å². The maximum Gasteiger partial charge on any atom is 0.255 e. The van der Waals surface area contributed by atoms with E-state index in [1.54, 1.807) is 12.1 Å². The number of hydrogen-bond acceptors (Lipinski definition) is 5. The summed E-state index contributed by atoms with van der Waals surface area (Å²) in [5.74, 6) is -1.63. The Labute approximate surface area is 236 Å². The average Bonchev–Trinajstić information content (AvgIpc) is 2.83. The molecule has 0 aliphatic carbocycles. The number of halogens is 3. The zero-order valence-corrected chi connectivity index (χ0v) is 23.8. The van der Waals surface area contributed by atoms with Crippen LogP contribution in [-0.4, -0.2) is 31.4 Å². The monoisotopic (exact) mass is 597 g/mol. The lowest BCUT2D eigenvalue weighted by Gasteiger charge is -2.21. The van der Waals surface area contributed by atoms with Gasteiger partial charge >= 0.3 is 0 Å². The van der Waals surface area contributed by atoms with Crippen LogP contribution in [-0.2, 0) is 14.8 Å². The zero-order chi connectivity index (χ0) is 28.2. The summed E-state index contributed by atoms with van der Waals surface area (Å²) in [6, 6.07) is 11.8. The van der Waals surface area contributed by atoms with Crippen LogP contribution in [0.1, 0.15) is 36.2 Å². The molecule has 0 aliphatic rings. The molecule has 0 bridgehead atoms. The molecule has 4 N–H and O–H groups in total. The van der Waals surface area contributed by atoms with Gasteiger partial charge < -0.3 is 15.7 Å². The molecule has 0 spiro atoms. The van der Waals surface area contributed by atoms with Crippen molar-refractivity contribution in [3.05, 3.63) is 80.8 Å². The van der Waals surface area contributed by atoms with E-state index in [0.717, 1.165) is 11.6 Å². The molecule has 38 heavy (non-hydrogen) atoms. The number of carbonyl (C=O) groups is 2. The second-order valence-electron chi connectivity index (χ2n) is 9.04. The van der Waals surface area contributed by atoms with E-state index in [9.17, 15) is 23.1 Å². The Balaban J connectivity index is 1.79. The third-order valence-electron chi connectivity index (χ3n) is 5.43. The molecule has 12 heteroatoms. The molecule has 2 amide bonds. The lowest BCUT2D eigenvalue weighted by atomic mass is 10.0. The van der Waals surface area contributed by atoms with Crippen molar-refractivity contribution in [2.45, 2.75) is 38.1 Å². The number of anilines is 2. The molecule has 8 nitrogen and oxygen atoms in total. The molecule has 1 atom stereocenters. The number of sulfonamides is 1. The fourth-order valence-corrected chi connectivity index (χ4v) is 5.18. The van der Waals surface area contributed by atoms with Crippen molar-refractivity contribution < 1.29 is 23.1 Å². The highest BCUT2D eigenvalue weighted by atomic mass is 35.5. The Kier molecular flexibility index (Phi) is 9.67. The summed E-state index contributed by atoms with van der Waals surface area (Å²) in [5, 5.41) is 16.0. The predicted octanol–water partition coefficient (Wildman–Crippen LogP) is 6.24. The first-order valence-electron chi connectivity index (χ1n) is 11.5. The van der Waals surface area contributed by atoms with Gasteiger partial charge in [-0.1, -0.05) is 66.3 Å². The normalized spacial score (nSPS) is 12.3. The molecular weight excluding hydrogens is 573 g/mol. The molecule has 1 unspecified atom stereocenters. The molecule has 0 saturated carbocycles. The third-order valence-corrected chi connectivity index (χ3v) is 7.96. The summed E-state index contributed by atoms with van der Waals surface area (Å²) in [4.78, 5) is 25.7. The van der Waals surface area contributed by atoms with Crippen molar-refractivity contribution in [1.29, 1.82) is 0 Å². The van der Waals surface area contributed by atoms with Gasteiger partial charge in [0.1, 0.15) is 11.8 Å². The van der Waals surface area contributed by atoms with E-state index < -0.39 is 27.9 Å². The highest BCUT2D eigenvalue weighted by Crippen LogP contribution is 2.34. The zero-order valence-electron chi connectivity index (χ0n) is 20.7. The van der Waals surface area contributed by atoms with Crippen LogP contribution in [0.5, 0.6) is 5.75 Å². The Morgan fingerprint density at radius 2 is 1.53 bits per heavy atom. The standard InChI is InChI=1S/C26H26Cl3N3O5S/c1-14(2)10-23(32-38(36,37)17-7-4-15(3)5-8-17)26(35)30-21-13-24(33)22(12-20(21)29)31-25(34)16-6-9-18(27)19(28)11-16/h4-9,11-14,23,32-33H,10H2,1-3H3,(H,30,35)(H,31,34). The first kappa shape index (κ1) is 29.7. The summed E-state index contributed by atoms with van der Waals surface area (Å²) in [7, 11) is -3.99. The first-order valence-corrected chi connectivity index (χ1v) is 14.1. The van der Waals surface area contributed by atoms with Crippen LogP contribution in [0.25, 0.3) is 0 Å². The van der Waals surface area contributed by atoms with E-state index in [-0.39, 0.29) is 55.0 Å². The SMILES string of the molecule is Cc1ccc(S(=O)(=O)NC(CC(C)C)C(=O)Nc2cc(O)c(NC(=O)c3ccc(Cl)c(Cl)c3)cc2Cl)cc1. The largest absolute Gasteiger partial charge is 0.506 e. The first-order chi connectivity index (χ1) is 17.8. The molecule has 0 saturated heterocycles. The highest BCUT2D eigenvalue weighted by Gasteiger charge is 2.27. The van der Waals surface area contributed by atoms with Gasteiger partial charge in [0.2, 0.25) is 15.9 Å². The Bertz CT molecular complexity index is 1460. The fraction of sp³-hybridized carbons (Fsp3) is 0.231. The fourth-order valence-electron chi connectivity index (χ4n) is 3.46. The summed E-state index contributed by atoms with van der Waals surface area (Å²) >= 11 is 18.2. The van der Waals surface area contributed by atoms with Gasteiger partial charge in [-0.05, 0) is 55.7 Å². The number of rotatable bonds is 9. The van der Waals surface area contributed by atoms with E-state index >= 15 is 0 Å². The van der Waals surface area contributed by atoms with Crippen molar-refractivity contribution in [3.63, 3.8) is 0 Å². The Morgan fingerprint density at radius 3 is 2.13 bits per heavy atom. The van der Waals surface area contributed by atoms with Gasteiger partial charge in [0, 0.05) is 11.6 Å². The quantitative estimate of drug-likeness (QED) is 0.217. The van der Waals surface area contributed by atoms with Crippen molar-refractivity contribution in [2.75, 3.05) is 10.6 Å². The second-order valence-corrected chi connectivity index (χ2v) is 12.0. The maximum atomic E-state index is 13.1. The highest BCUT2D eigenvalue weighted by molar-refractivity contribution is 7.89. The second kappa shape index (κ2) is 12.4. The Hall–Kier alpha value is -2.82. The minimum absolute atomic E-state index is 0.00489. The number of nitrogens with one attached hydrogen (secondary N) is 3. The van der Waals surface area contributed by atoms with Crippen LogP contribution in [0, 0.1) is 12.8 Å². The summed E-state index contributed by atoms with van der Waals surface area (Å²) in [5.41, 5.74) is 1.11. The van der Waals surface area contributed by atoms with Gasteiger partial charge in [-0.25, -0.2) is 8.42 Å². The van der Waals surface area contributed by atoms with Gasteiger partial charge in [0.25, 0.3) is 5.91 Å². The van der Waals surface area contributed by atoms with Crippen LogP contribution in [0.2, 0.25) is 15.1 Å². The lowest BCUT2D eigenvalue weighted by Crippen LogP contribution is -2.44. The number of carbonyl (C=O) groups excluding carboxylic acids is 2. The van der Waals surface area contributed by atoms with Crippen molar-refractivity contribution in [3.8, 4) is 5.75 Å². The molecule has 3 rings (SSSR count). The molecule has 0 heterocycles. The summed E-state index contributed by atoms with van der Waals surface area (Å²) in [6.45, 7) is 5.54. The topological polar surface area (TPSA) is 125 Å². The van der Waals surface area contributed by atoms with E-state index in [1.807, 2.05) is 20.8 Å². The predicted molar refractivity (Wildman–Crippen MR) is 151 cm³/mol. The summed E-state index contributed by atoms with van der Waals surface area (Å²) < 4.78 is 28.3. The van der Waals surface area contributed by atoms with Gasteiger partial charge in [-0.3, -0.25) is 9.59 Å². The van der Waals surface area contributed by atoms with E-state index in [4.69, 9.17) is 34.8 Å². The van der Waals surface area contributed by atoms with Crippen LogP contribution < -0.4 is 15.4 Å². The molecule has 202 valence electrons. The van der Waals surface area contributed by atoms with Gasteiger partial charge in [-0.2, -0.15) is 4.72 Å². The number of aromatic hydroxyl groups is 1. The van der Waals surface area contributed by atoms with Crippen molar-refractivity contribution in [1.82, 2.24) is 4.72 Å². The molecular formula is C26H26Cl3N3O5S. The van der Waals surface area contributed by atoms with Gasteiger partial charge in [-0.15, -0.1) is 0 Å². The Morgan fingerprint density at radius 1 is 0.868 bits per heavy atom. The number of phenolic OH excluding ortho intramolecular Hbond substituents is 1. The number of amides is 2. The van der Waals surface area contributed by atoms with Crippen LogP contribution in [0.15, 0.2) is 59.5 Å². The molecule has 0 aromatic heterocycles. The minimum Gasteiger partial charge on any atom is -0.506 e.